The van der Waals surface area contributed by atoms with Crippen LogP contribution in [0.2, 0.25) is 0 Å². The van der Waals surface area contributed by atoms with Crippen LogP contribution < -0.4 is 5.32 Å². The number of nitrogens with one attached hydrogen (secondary N) is 1. The van der Waals surface area contributed by atoms with Gasteiger partial charge in [0.15, 0.2) is 0 Å². The van der Waals surface area contributed by atoms with E-state index < -0.39 is 31.0 Å². The summed E-state index contributed by atoms with van der Waals surface area (Å²) in [5.41, 5.74) is -0.355. The van der Waals surface area contributed by atoms with Gasteiger partial charge in [-0.1, -0.05) is 20.8 Å². The molecular weight excluding hydrogens is 259 g/mol. The molecule has 6 heteroatoms. The molecule has 0 unspecified atom stereocenters. The number of halogens is 3. The Kier molecular flexibility index (Phi) is 4.66. The van der Waals surface area contributed by atoms with E-state index in [9.17, 15) is 18.0 Å². The standard InChI is InChI=1S/C13H18F3NO2/c1-12(2,3)11(9-5-4-8-19-9)17-10(18)6-7-13(14,15)16/h4-5,8,11H,6-7H2,1-3H3,(H,17,18)/t11-/m1/s1. The summed E-state index contributed by atoms with van der Waals surface area (Å²) in [5, 5.41) is 2.60. The minimum atomic E-state index is -4.32. The molecule has 1 rings (SSSR count). The van der Waals surface area contributed by atoms with Crippen molar-refractivity contribution in [1.82, 2.24) is 5.32 Å². The third-order valence-corrected chi connectivity index (χ3v) is 2.63. The van der Waals surface area contributed by atoms with Crippen LogP contribution in [-0.2, 0) is 4.79 Å². The Morgan fingerprint density at radius 2 is 2.00 bits per heavy atom. The molecule has 19 heavy (non-hydrogen) atoms. The lowest BCUT2D eigenvalue weighted by Gasteiger charge is -2.30. The van der Waals surface area contributed by atoms with Gasteiger partial charge < -0.3 is 9.73 Å². The Hall–Kier alpha value is -1.46. The van der Waals surface area contributed by atoms with Gasteiger partial charge in [0.2, 0.25) is 5.91 Å². The van der Waals surface area contributed by atoms with Gasteiger partial charge in [-0.3, -0.25) is 4.79 Å². The molecule has 108 valence electrons. The number of hydrogen-bond acceptors (Lipinski definition) is 2. The SMILES string of the molecule is CC(C)(C)[C@H](NC(=O)CCC(F)(F)F)c1ccco1. The summed E-state index contributed by atoms with van der Waals surface area (Å²) in [6.45, 7) is 5.64. The molecule has 1 aromatic heterocycles. The van der Waals surface area contributed by atoms with Crippen LogP contribution in [0.4, 0.5) is 13.2 Å². The number of carbonyl (C=O) groups is 1. The summed E-state index contributed by atoms with van der Waals surface area (Å²) < 4.78 is 41.4. The molecule has 1 N–H and O–H groups in total. The normalized spacial score (nSPS) is 14.2. The highest BCUT2D eigenvalue weighted by molar-refractivity contribution is 5.76. The van der Waals surface area contributed by atoms with Crippen LogP contribution in [0.3, 0.4) is 0 Å². The van der Waals surface area contributed by atoms with Crippen LogP contribution in [0.5, 0.6) is 0 Å². The molecule has 0 aliphatic rings. The van der Waals surface area contributed by atoms with Crippen LogP contribution in [0.15, 0.2) is 22.8 Å². The predicted octanol–water partition coefficient (Wildman–Crippen LogP) is 3.83. The highest BCUT2D eigenvalue weighted by atomic mass is 19.4. The number of rotatable bonds is 4. The molecule has 3 nitrogen and oxygen atoms in total. The predicted molar refractivity (Wildman–Crippen MR) is 64.3 cm³/mol. The lowest BCUT2D eigenvalue weighted by Crippen LogP contribution is -2.36. The maximum atomic E-state index is 12.1. The zero-order chi connectivity index (χ0) is 14.7. The number of carbonyl (C=O) groups excluding carboxylic acids is 1. The number of alkyl halides is 3. The Balaban J connectivity index is 2.67. The highest BCUT2D eigenvalue weighted by Crippen LogP contribution is 2.33. The van der Waals surface area contributed by atoms with Crippen molar-refractivity contribution in [3.05, 3.63) is 24.2 Å². The Labute approximate surface area is 110 Å². The van der Waals surface area contributed by atoms with Crippen molar-refractivity contribution in [3.8, 4) is 0 Å². The van der Waals surface area contributed by atoms with Crippen molar-refractivity contribution in [2.45, 2.75) is 45.8 Å². The van der Waals surface area contributed by atoms with Crippen LogP contribution in [-0.4, -0.2) is 12.1 Å². The van der Waals surface area contributed by atoms with Gasteiger partial charge >= 0.3 is 6.18 Å². The second kappa shape index (κ2) is 5.67. The summed E-state index contributed by atoms with van der Waals surface area (Å²) in [7, 11) is 0. The monoisotopic (exact) mass is 277 g/mol. The van der Waals surface area contributed by atoms with E-state index in [-0.39, 0.29) is 5.41 Å². The lowest BCUT2D eigenvalue weighted by molar-refractivity contribution is -0.144. The van der Waals surface area contributed by atoms with Crippen LogP contribution in [0.25, 0.3) is 0 Å². The fourth-order valence-electron chi connectivity index (χ4n) is 1.66. The molecule has 1 amide bonds. The van der Waals surface area contributed by atoms with Gasteiger partial charge in [-0.15, -0.1) is 0 Å². The number of hydrogen-bond donors (Lipinski definition) is 1. The van der Waals surface area contributed by atoms with E-state index in [1.807, 2.05) is 20.8 Å². The van der Waals surface area contributed by atoms with Gasteiger partial charge in [-0.05, 0) is 17.5 Å². The summed E-state index contributed by atoms with van der Waals surface area (Å²) >= 11 is 0. The van der Waals surface area contributed by atoms with E-state index >= 15 is 0 Å². The first kappa shape index (κ1) is 15.6. The van der Waals surface area contributed by atoms with Gasteiger partial charge in [-0.25, -0.2) is 0 Å². The third-order valence-electron chi connectivity index (χ3n) is 2.63. The zero-order valence-electron chi connectivity index (χ0n) is 11.2. The molecule has 0 saturated carbocycles. The fourth-order valence-corrected chi connectivity index (χ4v) is 1.66. The Morgan fingerprint density at radius 1 is 1.37 bits per heavy atom. The minimum Gasteiger partial charge on any atom is -0.467 e. The number of furan rings is 1. The fraction of sp³-hybridized carbons (Fsp3) is 0.615. The molecule has 0 aliphatic heterocycles. The lowest BCUT2D eigenvalue weighted by atomic mass is 9.85. The highest BCUT2D eigenvalue weighted by Gasteiger charge is 2.32. The van der Waals surface area contributed by atoms with E-state index in [0.717, 1.165) is 0 Å². The molecule has 0 fully saturated rings. The summed E-state index contributed by atoms with van der Waals surface area (Å²) in [6.07, 6.45) is -4.54. The molecule has 0 aromatic carbocycles. The van der Waals surface area contributed by atoms with Gasteiger partial charge in [0.1, 0.15) is 5.76 Å². The number of amides is 1. The topological polar surface area (TPSA) is 42.2 Å². The van der Waals surface area contributed by atoms with Gasteiger partial charge in [0.25, 0.3) is 0 Å². The largest absolute Gasteiger partial charge is 0.467 e. The maximum absolute atomic E-state index is 12.1. The van der Waals surface area contributed by atoms with E-state index in [0.29, 0.717) is 5.76 Å². The summed E-state index contributed by atoms with van der Waals surface area (Å²) in [5.74, 6) is -0.0958. The third kappa shape index (κ3) is 5.36. The smallest absolute Gasteiger partial charge is 0.389 e. The van der Waals surface area contributed by atoms with Crippen molar-refractivity contribution in [2.75, 3.05) is 0 Å². The summed E-state index contributed by atoms with van der Waals surface area (Å²) in [4.78, 5) is 11.6. The molecule has 0 saturated heterocycles. The molecule has 1 atom stereocenters. The van der Waals surface area contributed by atoms with E-state index in [1.54, 1.807) is 12.1 Å². The van der Waals surface area contributed by atoms with Gasteiger partial charge in [-0.2, -0.15) is 13.2 Å². The van der Waals surface area contributed by atoms with Gasteiger partial charge in [0, 0.05) is 6.42 Å². The molecule has 0 aliphatic carbocycles. The van der Waals surface area contributed by atoms with Gasteiger partial charge in [0.05, 0.1) is 18.7 Å². The average Bonchev–Trinajstić information content (AvgIpc) is 2.73. The first-order valence-electron chi connectivity index (χ1n) is 5.99. The zero-order valence-corrected chi connectivity index (χ0v) is 11.2. The molecule has 0 spiro atoms. The van der Waals surface area contributed by atoms with E-state index in [2.05, 4.69) is 5.32 Å². The Bertz CT molecular complexity index is 405. The van der Waals surface area contributed by atoms with Crippen LogP contribution in [0, 0.1) is 5.41 Å². The van der Waals surface area contributed by atoms with Crippen molar-refractivity contribution in [3.63, 3.8) is 0 Å². The second-order valence-corrected chi connectivity index (χ2v) is 5.50. The van der Waals surface area contributed by atoms with E-state index in [4.69, 9.17) is 4.42 Å². The molecule has 1 heterocycles. The molecule has 1 aromatic rings. The van der Waals surface area contributed by atoms with Crippen LogP contribution in [0.1, 0.15) is 45.4 Å². The molecular formula is C13H18F3NO2. The van der Waals surface area contributed by atoms with Crippen molar-refractivity contribution in [1.29, 1.82) is 0 Å². The van der Waals surface area contributed by atoms with Crippen LogP contribution >= 0.6 is 0 Å². The molecule has 0 radical (unpaired) electrons. The van der Waals surface area contributed by atoms with Crippen molar-refractivity contribution < 1.29 is 22.4 Å². The Morgan fingerprint density at radius 3 is 2.42 bits per heavy atom. The minimum absolute atomic E-state index is 0.355. The van der Waals surface area contributed by atoms with Crippen molar-refractivity contribution >= 4 is 5.91 Å². The average molecular weight is 277 g/mol. The first-order valence-corrected chi connectivity index (χ1v) is 5.99. The maximum Gasteiger partial charge on any atom is 0.389 e. The van der Waals surface area contributed by atoms with E-state index in [1.165, 1.54) is 6.26 Å². The summed E-state index contributed by atoms with van der Waals surface area (Å²) in [6, 6.07) is 2.92. The first-order chi connectivity index (χ1) is 8.59. The quantitative estimate of drug-likeness (QED) is 0.909. The second-order valence-electron chi connectivity index (χ2n) is 5.50. The molecule has 0 bridgehead atoms. The van der Waals surface area contributed by atoms with Crippen molar-refractivity contribution in [2.24, 2.45) is 5.41 Å².